The van der Waals surface area contributed by atoms with E-state index in [9.17, 15) is 14.4 Å². The fourth-order valence-corrected chi connectivity index (χ4v) is 5.83. The molecule has 2 N–H and O–H groups in total. The highest BCUT2D eigenvalue weighted by atomic mass is 28.3. The molecular weight excluding hydrogens is 644 g/mol. The molecular formula is C37H47FN4O6Si. The number of nitrogens with zero attached hydrogens (tertiary/aromatic N) is 2. The number of alkyl carbamates (subject to hydrolysis) is 1. The van der Waals surface area contributed by atoms with E-state index in [1.54, 1.807) is 39.1 Å². The third-order valence-corrected chi connectivity index (χ3v) is 9.21. The normalized spacial score (nSPS) is 12.4. The van der Waals surface area contributed by atoms with Gasteiger partial charge in [-0.05, 0) is 68.6 Å². The number of carbonyl (C=O) groups is 3. The minimum Gasteiger partial charge on any atom is -0.453 e. The second-order valence-corrected chi connectivity index (χ2v) is 19.9. The standard InChI is InChI=1S/C37H47FN4O6Si/c1-25-23-42(24-46-17-18-49(5,6)7)34-33(25)32(15-16-39-34)47-31-14-13-27(20-29(31)38)21-30(41-36(45)48-37(2,3)4)35(44)40-22-28(43)19-26-11-9-8-10-12-26/h8-16,20,23,30H,17-19,21-22,24H2,1-7H3,(H,40,44)(H,41,45)/t30-/m0/s1. The number of rotatable bonds is 15. The first-order valence-electron chi connectivity index (χ1n) is 16.4. The molecule has 0 saturated heterocycles. The Morgan fingerprint density at radius 2 is 1.73 bits per heavy atom. The Kier molecular flexibility index (Phi) is 12.3. The number of aromatic nitrogens is 2. The minimum atomic E-state index is -1.22. The molecule has 0 saturated carbocycles. The molecule has 2 aromatic heterocycles. The molecule has 10 nitrogen and oxygen atoms in total. The summed E-state index contributed by atoms with van der Waals surface area (Å²) in [4.78, 5) is 42.9. The lowest BCUT2D eigenvalue weighted by molar-refractivity contribution is -0.126. The lowest BCUT2D eigenvalue weighted by Gasteiger charge is -2.23. The Morgan fingerprint density at radius 1 is 1.00 bits per heavy atom. The van der Waals surface area contributed by atoms with Crippen LogP contribution in [-0.4, -0.2) is 60.2 Å². The third kappa shape index (κ3) is 11.5. The van der Waals surface area contributed by atoms with E-state index in [0.717, 1.165) is 22.6 Å². The van der Waals surface area contributed by atoms with Crippen molar-refractivity contribution in [2.75, 3.05) is 13.2 Å². The Morgan fingerprint density at radius 3 is 2.41 bits per heavy atom. The molecule has 262 valence electrons. The molecule has 0 aliphatic carbocycles. The van der Waals surface area contributed by atoms with Crippen LogP contribution in [0, 0.1) is 12.7 Å². The first-order chi connectivity index (χ1) is 23.1. The molecule has 1 atom stereocenters. The first-order valence-corrected chi connectivity index (χ1v) is 20.1. The van der Waals surface area contributed by atoms with Gasteiger partial charge in [0, 0.05) is 39.9 Å². The maximum absolute atomic E-state index is 15.5. The average Bonchev–Trinajstić information content (AvgIpc) is 3.34. The minimum absolute atomic E-state index is 0.0117. The zero-order chi connectivity index (χ0) is 35.8. The van der Waals surface area contributed by atoms with E-state index in [4.69, 9.17) is 14.2 Å². The number of pyridine rings is 1. The average molecular weight is 691 g/mol. The van der Waals surface area contributed by atoms with Crippen LogP contribution in [0.4, 0.5) is 9.18 Å². The van der Waals surface area contributed by atoms with Crippen LogP contribution in [0.15, 0.2) is 67.0 Å². The van der Waals surface area contributed by atoms with Crippen molar-refractivity contribution in [3.05, 3.63) is 89.5 Å². The van der Waals surface area contributed by atoms with Gasteiger partial charge < -0.3 is 29.4 Å². The number of halogens is 1. The SMILES string of the molecule is Cc1cn(COCC[Si](C)(C)C)c2nccc(Oc3ccc(C[C@H](NC(=O)OC(C)(C)C)C(=O)NCC(=O)Cc4ccccc4)cc3F)c12. The fourth-order valence-electron chi connectivity index (χ4n) is 5.07. The van der Waals surface area contributed by atoms with Crippen LogP contribution in [0.3, 0.4) is 0 Å². The van der Waals surface area contributed by atoms with Gasteiger partial charge >= 0.3 is 6.09 Å². The molecule has 0 radical (unpaired) electrons. The number of fused-ring (bicyclic) bond motifs is 1. The third-order valence-electron chi connectivity index (χ3n) is 7.50. The summed E-state index contributed by atoms with van der Waals surface area (Å²) in [6.45, 7) is 14.7. The molecule has 0 aliphatic rings. The summed E-state index contributed by atoms with van der Waals surface area (Å²) in [5.41, 5.74) is 2.03. The lowest BCUT2D eigenvalue weighted by Crippen LogP contribution is -2.50. The molecule has 0 aliphatic heterocycles. The summed E-state index contributed by atoms with van der Waals surface area (Å²) in [5, 5.41) is 5.92. The van der Waals surface area contributed by atoms with E-state index < -0.39 is 37.5 Å². The molecule has 2 amide bonds. The van der Waals surface area contributed by atoms with Crippen LogP contribution in [0.5, 0.6) is 11.5 Å². The molecule has 0 fully saturated rings. The van der Waals surface area contributed by atoms with Crippen LogP contribution in [-0.2, 0) is 38.6 Å². The van der Waals surface area contributed by atoms with Gasteiger partial charge in [0.2, 0.25) is 5.91 Å². The van der Waals surface area contributed by atoms with Crippen molar-refractivity contribution in [3.8, 4) is 11.5 Å². The van der Waals surface area contributed by atoms with E-state index in [0.29, 0.717) is 30.3 Å². The molecule has 0 unspecified atom stereocenters. The van der Waals surface area contributed by atoms with Crippen LogP contribution in [0.25, 0.3) is 11.0 Å². The largest absolute Gasteiger partial charge is 0.453 e. The van der Waals surface area contributed by atoms with Gasteiger partial charge in [-0.1, -0.05) is 56.0 Å². The van der Waals surface area contributed by atoms with E-state index in [2.05, 4.69) is 35.3 Å². The van der Waals surface area contributed by atoms with E-state index >= 15 is 4.39 Å². The Hall–Kier alpha value is -4.55. The van der Waals surface area contributed by atoms with E-state index in [1.807, 2.05) is 48.0 Å². The zero-order valence-electron chi connectivity index (χ0n) is 29.4. The number of ether oxygens (including phenoxy) is 3. The molecule has 2 heterocycles. The molecule has 2 aromatic carbocycles. The van der Waals surface area contributed by atoms with E-state index in [-0.39, 0.29) is 30.9 Å². The van der Waals surface area contributed by atoms with Crippen molar-refractivity contribution in [2.45, 2.75) is 84.6 Å². The molecule has 0 spiro atoms. The quantitative estimate of drug-likeness (QED) is 0.102. The Labute approximate surface area is 288 Å². The summed E-state index contributed by atoms with van der Waals surface area (Å²) in [6, 6.07) is 15.1. The Bertz CT molecular complexity index is 1760. The number of nitrogens with one attached hydrogen (secondary N) is 2. The van der Waals surface area contributed by atoms with Gasteiger partial charge in [-0.25, -0.2) is 14.2 Å². The van der Waals surface area contributed by atoms with Crippen LogP contribution >= 0.6 is 0 Å². The summed E-state index contributed by atoms with van der Waals surface area (Å²) in [7, 11) is -1.22. The summed E-state index contributed by atoms with van der Waals surface area (Å²) in [6.07, 6.45) is 2.83. The predicted octanol–water partition coefficient (Wildman–Crippen LogP) is 6.95. The van der Waals surface area contributed by atoms with Gasteiger partial charge in [-0.3, -0.25) is 9.59 Å². The van der Waals surface area contributed by atoms with Crippen molar-refractivity contribution in [1.29, 1.82) is 0 Å². The number of aryl methyl sites for hydroxylation is 1. The van der Waals surface area contributed by atoms with Crippen molar-refractivity contribution in [3.63, 3.8) is 0 Å². The van der Waals surface area contributed by atoms with Gasteiger partial charge in [0.25, 0.3) is 0 Å². The number of ketones is 1. The number of hydrogen-bond acceptors (Lipinski definition) is 7. The highest BCUT2D eigenvalue weighted by Crippen LogP contribution is 2.34. The van der Waals surface area contributed by atoms with Crippen molar-refractivity contribution >= 4 is 36.9 Å². The highest BCUT2D eigenvalue weighted by molar-refractivity contribution is 6.76. The zero-order valence-corrected chi connectivity index (χ0v) is 30.4. The molecule has 4 rings (SSSR count). The Balaban J connectivity index is 1.46. The second-order valence-electron chi connectivity index (χ2n) is 14.3. The molecule has 12 heteroatoms. The molecule has 49 heavy (non-hydrogen) atoms. The number of hydrogen-bond donors (Lipinski definition) is 2. The summed E-state index contributed by atoms with van der Waals surface area (Å²) in [5.74, 6) is -1.02. The maximum atomic E-state index is 15.5. The van der Waals surface area contributed by atoms with Crippen molar-refractivity contribution in [1.82, 2.24) is 20.2 Å². The van der Waals surface area contributed by atoms with Crippen molar-refractivity contribution in [2.24, 2.45) is 0 Å². The summed E-state index contributed by atoms with van der Waals surface area (Å²) < 4.78 is 34.8. The lowest BCUT2D eigenvalue weighted by atomic mass is 10.0. The van der Waals surface area contributed by atoms with Gasteiger partial charge in [-0.15, -0.1) is 0 Å². The first kappa shape index (κ1) is 37.3. The second kappa shape index (κ2) is 16.2. The van der Waals surface area contributed by atoms with Gasteiger partial charge in [-0.2, -0.15) is 0 Å². The maximum Gasteiger partial charge on any atom is 0.408 e. The monoisotopic (exact) mass is 690 g/mol. The molecule has 0 bridgehead atoms. The van der Waals surface area contributed by atoms with Crippen LogP contribution < -0.4 is 15.4 Å². The molecule has 4 aromatic rings. The van der Waals surface area contributed by atoms with Crippen molar-refractivity contribution < 1.29 is 33.0 Å². The predicted molar refractivity (Wildman–Crippen MR) is 190 cm³/mol. The van der Waals surface area contributed by atoms with Crippen LogP contribution in [0.2, 0.25) is 25.7 Å². The number of Topliss-reactive ketones (excluding diaryl/α,β-unsaturated/α-hetero) is 1. The summed E-state index contributed by atoms with van der Waals surface area (Å²) >= 11 is 0. The van der Waals surface area contributed by atoms with Gasteiger partial charge in [0.15, 0.2) is 17.3 Å². The number of carbonyl (C=O) groups excluding carboxylic acids is 3. The highest BCUT2D eigenvalue weighted by Gasteiger charge is 2.26. The number of benzene rings is 2. The smallest absolute Gasteiger partial charge is 0.408 e. The topological polar surface area (TPSA) is 121 Å². The van der Waals surface area contributed by atoms with Gasteiger partial charge in [0.05, 0.1) is 11.9 Å². The van der Waals surface area contributed by atoms with Crippen LogP contribution in [0.1, 0.15) is 37.5 Å². The van der Waals surface area contributed by atoms with E-state index in [1.165, 1.54) is 12.1 Å². The number of amides is 2. The fraction of sp³-hybridized carbons (Fsp3) is 0.405. The van der Waals surface area contributed by atoms with Gasteiger partial charge in [0.1, 0.15) is 29.8 Å².